The van der Waals surface area contributed by atoms with Gasteiger partial charge < -0.3 is 10.0 Å². The molecule has 5 heteroatoms. The molecule has 1 unspecified atom stereocenters. The number of hydrogen-bond donors (Lipinski definition) is 1. The number of carboxylic acid groups (broad SMARTS) is 1. The van der Waals surface area contributed by atoms with Gasteiger partial charge in [-0.3, -0.25) is 4.79 Å². The average Bonchev–Trinajstić information content (AvgIpc) is 2.59. The van der Waals surface area contributed by atoms with Crippen LogP contribution in [0, 0.1) is 0 Å². The normalized spacial score (nSPS) is 29.4. The lowest BCUT2D eigenvalue weighted by Crippen LogP contribution is -2.56. The Balaban J connectivity index is 2.25. The minimum Gasteiger partial charge on any atom is -0.479 e. The van der Waals surface area contributed by atoms with Crippen molar-refractivity contribution >= 4 is 27.8 Å². The Bertz CT molecular complexity index is 310. The van der Waals surface area contributed by atoms with Crippen LogP contribution in [0.5, 0.6) is 0 Å². The number of amides is 1. The molecule has 1 aliphatic carbocycles. The molecule has 1 saturated heterocycles. The van der Waals surface area contributed by atoms with Gasteiger partial charge in [0, 0.05) is 17.8 Å². The van der Waals surface area contributed by atoms with Crippen LogP contribution >= 0.6 is 15.9 Å². The van der Waals surface area contributed by atoms with Gasteiger partial charge in [0.1, 0.15) is 5.54 Å². The van der Waals surface area contributed by atoms with Gasteiger partial charge in [0.15, 0.2) is 0 Å². The Morgan fingerprint density at radius 1 is 1.38 bits per heavy atom. The number of alkyl halides is 1. The monoisotopic (exact) mass is 289 g/mol. The molecule has 1 amide bonds. The summed E-state index contributed by atoms with van der Waals surface area (Å²) in [7, 11) is 0. The van der Waals surface area contributed by atoms with Crippen LogP contribution in [-0.2, 0) is 9.59 Å². The van der Waals surface area contributed by atoms with E-state index in [2.05, 4.69) is 15.9 Å². The first-order chi connectivity index (χ1) is 7.56. The molecule has 0 aromatic rings. The van der Waals surface area contributed by atoms with Crippen LogP contribution in [0.25, 0.3) is 0 Å². The Morgan fingerprint density at radius 2 is 2.00 bits per heavy atom. The Hall–Kier alpha value is -0.580. The predicted molar refractivity (Wildman–Crippen MR) is 62.5 cm³/mol. The second kappa shape index (κ2) is 4.35. The molecule has 0 bridgehead atoms. The van der Waals surface area contributed by atoms with Crippen LogP contribution in [0.2, 0.25) is 0 Å². The summed E-state index contributed by atoms with van der Waals surface area (Å²) in [5, 5.41) is 9.44. The molecular weight excluding hydrogens is 274 g/mol. The van der Waals surface area contributed by atoms with Crippen LogP contribution < -0.4 is 0 Å². The molecule has 0 radical (unpaired) electrons. The molecule has 1 atom stereocenters. The molecule has 0 aromatic heterocycles. The predicted octanol–water partition coefficient (Wildman–Crippen LogP) is 1.77. The van der Waals surface area contributed by atoms with E-state index in [-0.39, 0.29) is 10.7 Å². The quantitative estimate of drug-likeness (QED) is 0.789. The first-order valence-electron chi connectivity index (χ1n) is 5.74. The third-order valence-corrected chi connectivity index (χ3v) is 4.29. The van der Waals surface area contributed by atoms with E-state index >= 15 is 0 Å². The number of halogens is 1. The number of likely N-dealkylation sites (tertiary alicyclic amines) is 1. The topological polar surface area (TPSA) is 57.6 Å². The van der Waals surface area contributed by atoms with E-state index in [1.165, 1.54) is 0 Å². The third kappa shape index (κ3) is 1.85. The number of rotatable bonds is 2. The molecule has 90 valence electrons. The van der Waals surface area contributed by atoms with Crippen molar-refractivity contribution in [3.8, 4) is 0 Å². The van der Waals surface area contributed by atoms with Gasteiger partial charge in [-0.2, -0.15) is 0 Å². The summed E-state index contributed by atoms with van der Waals surface area (Å²) in [5.74, 6) is -0.853. The van der Waals surface area contributed by atoms with Crippen LogP contribution in [0.3, 0.4) is 0 Å². The fourth-order valence-corrected chi connectivity index (χ4v) is 3.38. The largest absolute Gasteiger partial charge is 0.479 e. The Kier molecular flexibility index (Phi) is 3.24. The van der Waals surface area contributed by atoms with Gasteiger partial charge in [0.2, 0.25) is 5.91 Å². The SMILES string of the molecule is O=C1CC(Br)CN1C1(C(=O)O)CCCCC1. The molecule has 1 N–H and O–H groups in total. The lowest BCUT2D eigenvalue weighted by Gasteiger charge is -2.41. The average molecular weight is 290 g/mol. The fraction of sp³-hybridized carbons (Fsp3) is 0.818. The highest BCUT2D eigenvalue weighted by molar-refractivity contribution is 9.09. The summed E-state index contributed by atoms with van der Waals surface area (Å²) in [6, 6.07) is 0. The van der Waals surface area contributed by atoms with E-state index in [4.69, 9.17) is 0 Å². The van der Waals surface area contributed by atoms with Crippen LogP contribution in [0.1, 0.15) is 38.5 Å². The number of nitrogens with zero attached hydrogens (tertiary/aromatic N) is 1. The number of carbonyl (C=O) groups is 2. The van der Waals surface area contributed by atoms with Crippen molar-refractivity contribution in [2.24, 2.45) is 0 Å². The molecule has 1 saturated carbocycles. The van der Waals surface area contributed by atoms with Crippen molar-refractivity contribution < 1.29 is 14.7 Å². The summed E-state index contributed by atoms with van der Waals surface area (Å²) in [5.41, 5.74) is -0.919. The number of carbonyl (C=O) groups excluding carboxylic acids is 1. The standard InChI is InChI=1S/C11H16BrNO3/c12-8-6-9(14)13(7-8)11(10(15)16)4-2-1-3-5-11/h8H,1-7H2,(H,15,16). The maximum absolute atomic E-state index is 11.8. The minimum atomic E-state index is -0.919. The summed E-state index contributed by atoms with van der Waals surface area (Å²) < 4.78 is 0. The molecule has 1 aliphatic heterocycles. The van der Waals surface area contributed by atoms with E-state index < -0.39 is 11.5 Å². The zero-order valence-electron chi connectivity index (χ0n) is 9.12. The van der Waals surface area contributed by atoms with E-state index in [0.29, 0.717) is 25.8 Å². The third-order valence-electron chi connectivity index (χ3n) is 3.67. The molecule has 1 heterocycles. The molecular formula is C11H16BrNO3. The van der Waals surface area contributed by atoms with Crippen molar-refractivity contribution in [2.45, 2.75) is 48.9 Å². The van der Waals surface area contributed by atoms with Crippen LogP contribution in [0.4, 0.5) is 0 Å². The van der Waals surface area contributed by atoms with Crippen molar-refractivity contribution in [1.29, 1.82) is 0 Å². The number of hydrogen-bond acceptors (Lipinski definition) is 2. The van der Waals surface area contributed by atoms with Gasteiger partial charge >= 0.3 is 5.97 Å². The highest BCUT2D eigenvalue weighted by atomic mass is 79.9. The zero-order valence-corrected chi connectivity index (χ0v) is 10.7. The van der Waals surface area contributed by atoms with Gasteiger partial charge in [-0.25, -0.2) is 4.79 Å². The van der Waals surface area contributed by atoms with Crippen molar-refractivity contribution in [2.75, 3.05) is 6.54 Å². The smallest absolute Gasteiger partial charge is 0.329 e. The fourth-order valence-electron chi connectivity index (χ4n) is 2.81. The molecule has 0 spiro atoms. The van der Waals surface area contributed by atoms with Gasteiger partial charge in [0.05, 0.1) is 0 Å². The lowest BCUT2D eigenvalue weighted by molar-refractivity contribution is -0.159. The molecule has 2 rings (SSSR count). The van der Waals surface area contributed by atoms with E-state index in [9.17, 15) is 14.7 Å². The molecule has 2 aliphatic rings. The number of carboxylic acids is 1. The van der Waals surface area contributed by atoms with Gasteiger partial charge in [0.25, 0.3) is 0 Å². The summed E-state index contributed by atoms with van der Waals surface area (Å²) in [6.07, 6.45) is 4.53. The summed E-state index contributed by atoms with van der Waals surface area (Å²) in [4.78, 5) is 25.0. The zero-order chi connectivity index (χ0) is 11.8. The minimum absolute atomic E-state index is 0.0221. The second-order valence-electron chi connectivity index (χ2n) is 4.70. The van der Waals surface area contributed by atoms with E-state index in [1.807, 2.05) is 0 Å². The second-order valence-corrected chi connectivity index (χ2v) is 6.00. The van der Waals surface area contributed by atoms with Crippen LogP contribution in [0.15, 0.2) is 0 Å². The molecule has 4 nitrogen and oxygen atoms in total. The number of aliphatic carboxylic acids is 1. The first-order valence-corrected chi connectivity index (χ1v) is 6.66. The molecule has 2 fully saturated rings. The van der Waals surface area contributed by atoms with E-state index in [0.717, 1.165) is 19.3 Å². The van der Waals surface area contributed by atoms with Crippen molar-refractivity contribution in [1.82, 2.24) is 4.90 Å². The molecule has 16 heavy (non-hydrogen) atoms. The molecule has 0 aromatic carbocycles. The Morgan fingerprint density at radius 3 is 2.44 bits per heavy atom. The van der Waals surface area contributed by atoms with E-state index in [1.54, 1.807) is 4.90 Å². The van der Waals surface area contributed by atoms with Crippen LogP contribution in [-0.4, -0.2) is 38.8 Å². The van der Waals surface area contributed by atoms with Crippen molar-refractivity contribution in [3.05, 3.63) is 0 Å². The highest BCUT2D eigenvalue weighted by Gasteiger charge is 2.49. The maximum Gasteiger partial charge on any atom is 0.329 e. The lowest BCUT2D eigenvalue weighted by atomic mass is 9.80. The Labute approximate surface area is 103 Å². The van der Waals surface area contributed by atoms with Gasteiger partial charge in [-0.15, -0.1) is 0 Å². The highest BCUT2D eigenvalue weighted by Crippen LogP contribution is 2.37. The maximum atomic E-state index is 11.8. The van der Waals surface area contributed by atoms with Crippen molar-refractivity contribution in [3.63, 3.8) is 0 Å². The summed E-state index contributed by atoms with van der Waals surface area (Å²) >= 11 is 3.40. The van der Waals surface area contributed by atoms with Gasteiger partial charge in [-0.1, -0.05) is 35.2 Å². The first kappa shape index (κ1) is 11.9. The summed E-state index contributed by atoms with van der Waals surface area (Å²) in [6.45, 7) is 0.533. The van der Waals surface area contributed by atoms with Gasteiger partial charge in [-0.05, 0) is 12.8 Å².